The third kappa shape index (κ3) is 1.84. The Morgan fingerprint density at radius 3 is 2.50 bits per heavy atom. The lowest BCUT2D eigenvalue weighted by atomic mass is 9.63. The molecule has 0 bridgehead atoms. The van der Waals surface area contributed by atoms with Gasteiger partial charge in [0.15, 0.2) is 0 Å². The lowest BCUT2D eigenvalue weighted by Crippen LogP contribution is -2.29. The van der Waals surface area contributed by atoms with Crippen LogP contribution in [0.4, 0.5) is 0 Å². The molecule has 0 nitrogen and oxygen atoms in total. The van der Waals surface area contributed by atoms with Crippen molar-refractivity contribution in [1.82, 2.24) is 0 Å². The predicted octanol–water partition coefficient (Wildman–Crippen LogP) is 4.35. The molecule has 1 aliphatic carbocycles. The Hall–Kier alpha value is 0. The van der Waals surface area contributed by atoms with Crippen LogP contribution in [0.15, 0.2) is 0 Å². The summed E-state index contributed by atoms with van der Waals surface area (Å²) in [4.78, 5) is 0. The van der Waals surface area contributed by atoms with Gasteiger partial charge in [-0.05, 0) is 37.0 Å². The molecule has 1 unspecified atom stereocenters. The Bertz CT molecular complexity index is 124. The molecule has 0 aromatic rings. The van der Waals surface area contributed by atoms with Crippen LogP contribution in [-0.4, -0.2) is 0 Å². The average molecular weight is 167 g/mol. The van der Waals surface area contributed by atoms with Gasteiger partial charge in [0.05, 0.1) is 0 Å². The number of rotatable bonds is 3. The maximum absolute atomic E-state index is 2.39. The van der Waals surface area contributed by atoms with Crippen LogP contribution in [0.2, 0.25) is 0 Å². The van der Waals surface area contributed by atoms with Gasteiger partial charge in [0.1, 0.15) is 0 Å². The van der Waals surface area contributed by atoms with Gasteiger partial charge in [-0.15, -0.1) is 0 Å². The minimum absolute atomic E-state index is 0.646. The fourth-order valence-corrected chi connectivity index (χ4v) is 2.80. The summed E-state index contributed by atoms with van der Waals surface area (Å²) in [7, 11) is 0. The topological polar surface area (TPSA) is 0 Å². The Kier molecular flexibility index (Phi) is 3.61. The fourth-order valence-electron chi connectivity index (χ4n) is 2.80. The van der Waals surface area contributed by atoms with E-state index in [4.69, 9.17) is 0 Å². The van der Waals surface area contributed by atoms with Crippen LogP contribution in [0.1, 0.15) is 65.7 Å². The second-order valence-corrected chi connectivity index (χ2v) is 4.37. The first-order valence-corrected chi connectivity index (χ1v) is 5.58. The summed E-state index contributed by atoms with van der Waals surface area (Å²) >= 11 is 0. The lowest BCUT2D eigenvalue weighted by molar-refractivity contribution is 0.197. The summed E-state index contributed by atoms with van der Waals surface area (Å²) in [5.74, 6) is 1.79. The summed E-state index contributed by atoms with van der Waals surface area (Å²) in [6.07, 6.45) is 9.91. The quantitative estimate of drug-likeness (QED) is 0.586. The zero-order valence-corrected chi connectivity index (χ0v) is 8.95. The first-order chi connectivity index (χ1) is 5.75. The molecule has 1 aliphatic rings. The monoisotopic (exact) mass is 167 g/mol. The molecule has 0 aliphatic heterocycles. The van der Waals surface area contributed by atoms with Crippen LogP contribution in [0.25, 0.3) is 0 Å². The van der Waals surface area contributed by atoms with Crippen LogP contribution in [0, 0.1) is 11.3 Å². The van der Waals surface area contributed by atoms with Crippen molar-refractivity contribution in [2.24, 2.45) is 5.41 Å². The number of hydrogen-bond donors (Lipinski definition) is 0. The van der Waals surface area contributed by atoms with Crippen LogP contribution in [0.3, 0.4) is 0 Å². The van der Waals surface area contributed by atoms with E-state index < -0.39 is 0 Å². The zero-order chi connectivity index (χ0) is 9.03. The SMILES string of the molecule is CCCC1(CC)CCCC[C]1C. The number of hydrogen-bond acceptors (Lipinski definition) is 0. The summed E-state index contributed by atoms with van der Waals surface area (Å²) in [6, 6.07) is 0. The van der Waals surface area contributed by atoms with Gasteiger partial charge in [0.25, 0.3) is 0 Å². The first kappa shape index (κ1) is 10.1. The first-order valence-electron chi connectivity index (χ1n) is 5.58. The predicted molar refractivity (Wildman–Crippen MR) is 55.0 cm³/mol. The second-order valence-electron chi connectivity index (χ2n) is 4.37. The van der Waals surface area contributed by atoms with Gasteiger partial charge < -0.3 is 0 Å². The van der Waals surface area contributed by atoms with Gasteiger partial charge >= 0.3 is 0 Å². The highest BCUT2D eigenvalue weighted by molar-refractivity contribution is 5.05. The van der Waals surface area contributed by atoms with Crippen molar-refractivity contribution in [3.63, 3.8) is 0 Å². The highest BCUT2D eigenvalue weighted by Gasteiger charge is 2.35. The minimum atomic E-state index is 0.646. The van der Waals surface area contributed by atoms with E-state index in [1.807, 2.05) is 0 Å². The van der Waals surface area contributed by atoms with Gasteiger partial charge in [-0.25, -0.2) is 0 Å². The van der Waals surface area contributed by atoms with Gasteiger partial charge in [0, 0.05) is 0 Å². The highest BCUT2D eigenvalue weighted by Crippen LogP contribution is 2.48. The Balaban J connectivity index is 2.60. The van der Waals surface area contributed by atoms with E-state index in [9.17, 15) is 0 Å². The largest absolute Gasteiger partial charge is 0.0654 e. The summed E-state index contributed by atoms with van der Waals surface area (Å²) in [6.45, 7) is 7.07. The summed E-state index contributed by atoms with van der Waals surface area (Å²) in [5, 5.41) is 0. The molecule has 0 heteroatoms. The second kappa shape index (κ2) is 4.30. The van der Waals surface area contributed by atoms with Crippen molar-refractivity contribution in [3.05, 3.63) is 5.92 Å². The highest BCUT2D eigenvalue weighted by atomic mass is 14.4. The molecule has 1 saturated carbocycles. The Morgan fingerprint density at radius 1 is 1.25 bits per heavy atom. The van der Waals surface area contributed by atoms with Gasteiger partial charge in [-0.2, -0.15) is 0 Å². The minimum Gasteiger partial charge on any atom is -0.0654 e. The van der Waals surface area contributed by atoms with Crippen LogP contribution >= 0.6 is 0 Å². The van der Waals surface area contributed by atoms with Crippen molar-refractivity contribution >= 4 is 0 Å². The van der Waals surface area contributed by atoms with Crippen molar-refractivity contribution < 1.29 is 0 Å². The molecule has 1 fully saturated rings. The van der Waals surface area contributed by atoms with Gasteiger partial charge in [-0.1, -0.05) is 40.0 Å². The third-order valence-corrected chi connectivity index (χ3v) is 3.77. The Morgan fingerprint density at radius 2 is 2.00 bits per heavy atom. The molecular weight excluding hydrogens is 144 g/mol. The van der Waals surface area contributed by atoms with E-state index in [2.05, 4.69) is 20.8 Å². The normalized spacial score (nSPS) is 32.2. The Labute approximate surface area is 77.7 Å². The van der Waals surface area contributed by atoms with Crippen molar-refractivity contribution in [2.75, 3.05) is 0 Å². The maximum atomic E-state index is 2.39. The molecule has 0 aromatic heterocycles. The molecule has 0 N–H and O–H groups in total. The summed E-state index contributed by atoms with van der Waals surface area (Å²) in [5.41, 5.74) is 0.646. The molecule has 1 atom stereocenters. The van der Waals surface area contributed by atoms with Crippen LogP contribution in [0.5, 0.6) is 0 Å². The van der Waals surface area contributed by atoms with Crippen molar-refractivity contribution in [1.29, 1.82) is 0 Å². The average Bonchev–Trinajstić information content (AvgIpc) is 2.10. The molecule has 0 amide bonds. The molecule has 0 aromatic carbocycles. The maximum Gasteiger partial charge on any atom is -0.0210 e. The van der Waals surface area contributed by atoms with E-state index in [0.717, 1.165) is 0 Å². The van der Waals surface area contributed by atoms with E-state index in [-0.39, 0.29) is 0 Å². The molecule has 1 rings (SSSR count). The third-order valence-electron chi connectivity index (χ3n) is 3.77. The van der Waals surface area contributed by atoms with Crippen molar-refractivity contribution in [3.8, 4) is 0 Å². The molecular formula is C12H23. The van der Waals surface area contributed by atoms with E-state index in [0.29, 0.717) is 5.41 Å². The zero-order valence-electron chi connectivity index (χ0n) is 8.95. The van der Waals surface area contributed by atoms with Gasteiger partial charge in [0.2, 0.25) is 0 Å². The van der Waals surface area contributed by atoms with Crippen LogP contribution < -0.4 is 0 Å². The van der Waals surface area contributed by atoms with Crippen molar-refractivity contribution in [2.45, 2.75) is 65.7 Å². The smallest absolute Gasteiger partial charge is 0.0210 e. The van der Waals surface area contributed by atoms with Crippen LogP contribution in [-0.2, 0) is 0 Å². The molecule has 12 heavy (non-hydrogen) atoms. The lowest BCUT2D eigenvalue weighted by Gasteiger charge is -2.42. The fraction of sp³-hybridized carbons (Fsp3) is 0.917. The molecule has 0 heterocycles. The van der Waals surface area contributed by atoms with E-state index >= 15 is 0 Å². The van der Waals surface area contributed by atoms with E-state index in [1.54, 1.807) is 5.92 Å². The molecule has 1 radical (unpaired) electrons. The molecule has 0 saturated heterocycles. The molecule has 71 valence electrons. The standard InChI is InChI=1S/C12H23/c1-4-9-12(5-2)10-7-6-8-11(12)3/h4-10H2,1-3H3. The van der Waals surface area contributed by atoms with E-state index in [1.165, 1.54) is 44.9 Å². The summed E-state index contributed by atoms with van der Waals surface area (Å²) < 4.78 is 0. The molecule has 0 spiro atoms. The van der Waals surface area contributed by atoms with Gasteiger partial charge in [-0.3, -0.25) is 0 Å².